The Morgan fingerprint density at radius 2 is 2.18 bits per heavy atom. The molecule has 1 aromatic carbocycles. The Hall–Kier alpha value is -0.480. The molecule has 0 bridgehead atoms. The van der Waals surface area contributed by atoms with E-state index in [0.29, 0.717) is 11.3 Å². The second-order valence-corrected chi connectivity index (χ2v) is 6.31. The van der Waals surface area contributed by atoms with Gasteiger partial charge in [0.25, 0.3) is 5.91 Å². The van der Waals surface area contributed by atoms with Gasteiger partial charge >= 0.3 is 0 Å². The van der Waals surface area contributed by atoms with Gasteiger partial charge in [-0.15, -0.1) is 0 Å². The van der Waals surface area contributed by atoms with Crippen molar-refractivity contribution in [1.29, 1.82) is 0 Å². The maximum absolute atomic E-state index is 12.1. The largest absolute Gasteiger partial charge is 0.349 e. The van der Waals surface area contributed by atoms with Gasteiger partial charge < -0.3 is 5.32 Å². The van der Waals surface area contributed by atoms with Gasteiger partial charge in [-0.1, -0.05) is 12.1 Å². The maximum Gasteiger partial charge on any atom is 0.252 e. The molecule has 1 aliphatic rings. The van der Waals surface area contributed by atoms with E-state index in [9.17, 15) is 4.79 Å². The van der Waals surface area contributed by atoms with E-state index in [4.69, 9.17) is 0 Å². The summed E-state index contributed by atoms with van der Waals surface area (Å²) in [6.45, 7) is 0. The van der Waals surface area contributed by atoms with Gasteiger partial charge in [-0.25, -0.2) is 0 Å². The summed E-state index contributed by atoms with van der Waals surface area (Å²) in [6, 6.07) is 7.89. The maximum atomic E-state index is 12.1. The van der Waals surface area contributed by atoms with Crippen LogP contribution < -0.4 is 5.32 Å². The molecule has 2 rings (SSSR count). The fourth-order valence-electron chi connectivity index (χ4n) is 2.19. The molecule has 0 radical (unpaired) electrons. The summed E-state index contributed by atoms with van der Waals surface area (Å²) in [7, 11) is 0. The second-order valence-electron chi connectivity index (χ2n) is 4.32. The molecule has 1 saturated carbocycles. The van der Waals surface area contributed by atoms with Crippen molar-refractivity contribution < 1.29 is 4.79 Å². The van der Waals surface area contributed by atoms with Crippen LogP contribution in [-0.4, -0.2) is 23.5 Å². The normalized spacial score (nSPS) is 23.6. The van der Waals surface area contributed by atoms with Gasteiger partial charge in [-0.3, -0.25) is 4.79 Å². The van der Waals surface area contributed by atoms with E-state index in [0.717, 1.165) is 22.9 Å². The van der Waals surface area contributed by atoms with Crippen molar-refractivity contribution in [2.24, 2.45) is 0 Å². The third-order valence-electron chi connectivity index (χ3n) is 3.17. The number of nitrogens with one attached hydrogen (secondary N) is 1. The van der Waals surface area contributed by atoms with Gasteiger partial charge in [0.2, 0.25) is 0 Å². The molecule has 1 amide bonds. The highest BCUT2D eigenvalue weighted by Gasteiger charge is 2.25. The zero-order chi connectivity index (χ0) is 12.3. The monoisotopic (exact) mass is 313 g/mol. The van der Waals surface area contributed by atoms with Crippen molar-refractivity contribution >= 4 is 33.6 Å². The molecule has 0 saturated heterocycles. The number of hydrogen-bond acceptors (Lipinski definition) is 2. The molecular weight excluding hydrogens is 298 g/mol. The smallest absolute Gasteiger partial charge is 0.252 e. The van der Waals surface area contributed by atoms with Gasteiger partial charge in [0, 0.05) is 15.8 Å². The van der Waals surface area contributed by atoms with Crippen LogP contribution in [0.1, 0.15) is 29.6 Å². The molecule has 1 aliphatic carbocycles. The van der Waals surface area contributed by atoms with Crippen LogP contribution in [-0.2, 0) is 0 Å². The molecular formula is C13H16BrNOS. The van der Waals surface area contributed by atoms with Crippen molar-refractivity contribution in [2.45, 2.75) is 30.6 Å². The Bertz CT molecular complexity index is 410. The molecule has 92 valence electrons. The molecule has 1 aromatic rings. The van der Waals surface area contributed by atoms with E-state index in [2.05, 4.69) is 27.5 Å². The van der Waals surface area contributed by atoms with Gasteiger partial charge in [0.1, 0.15) is 0 Å². The van der Waals surface area contributed by atoms with E-state index in [1.807, 2.05) is 36.0 Å². The molecule has 0 heterocycles. The second kappa shape index (κ2) is 5.91. The highest BCUT2D eigenvalue weighted by molar-refractivity contribution is 9.10. The molecule has 1 N–H and O–H groups in total. The topological polar surface area (TPSA) is 29.1 Å². The number of hydrogen-bond donors (Lipinski definition) is 1. The fourth-order valence-corrected chi connectivity index (χ4v) is 3.46. The first-order valence-corrected chi connectivity index (χ1v) is 7.87. The minimum Gasteiger partial charge on any atom is -0.349 e. The predicted molar refractivity (Wildman–Crippen MR) is 76.6 cm³/mol. The lowest BCUT2D eigenvalue weighted by Gasteiger charge is -2.13. The van der Waals surface area contributed by atoms with Crippen LogP contribution >= 0.6 is 27.7 Å². The van der Waals surface area contributed by atoms with E-state index in [1.165, 1.54) is 6.42 Å². The minimum atomic E-state index is 0.0317. The lowest BCUT2D eigenvalue weighted by Crippen LogP contribution is -2.33. The summed E-state index contributed by atoms with van der Waals surface area (Å²) >= 11 is 5.31. The number of amides is 1. The first-order valence-electron chi connectivity index (χ1n) is 5.79. The molecule has 2 nitrogen and oxygen atoms in total. The van der Waals surface area contributed by atoms with Crippen LogP contribution in [0.15, 0.2) is 28.7 Å². The third-order valence-corrected chi connectivity index (χ3v) is 4.96. The standard InChI is InChI=1S/C13H16BrNOS/c1-17-10-7-6-9(8-10)15-13(16)11-4-2-3-5-12(11)14/h2-5,9-10H,6-8H2,1H3,(H,15,16). The Balaban J connectivity index is 1.96. The summed E-state index contributed by atoms with van der Waals surface area (Å²) in [4.78, 5) is 12.1. The van der Waals surface area contributed by atoms with Crippen molar-refractivity contribution in [3.8, 4) is 0 Å². The highest BCUT2D eigenvalue weighted by atomic mass is 79.9. The molecule has 0 aromatic heterocycles. The quantitative estimate of drug-likeness (QED) is 0.926. The molecule has 1 fully saturated rings. The summed E-state index contributed by atoms with van der Waals surface area (Å²) in [5.41, 5.74) is 0.722. The number of carbonyl (C=O) groups excluding carboxylic acids is 1. The third kappa shape index (κ3) is 3.26. The Kier molecular flexibility index (Phi) is 4.51. The molecule has 0 spiro atoms. The zero-order valence-electron chi connectivity index (χ0n) is 9.78. The number of thioether (sulfide) groups is 1. The number of halogens is 1. The Morgan fingerprint density at radius 1 is 1.41 bits per heavy atom. The summed E-state index contributed by atoms with van der Waals surface area (Å²) in [5, 5.41) is 3.83. The van der Waals surface area contributed by atoms with Crippen molar-refractivity contribution in [3.05, 3.63) is 34.3 Å². The van der Waals surface area contributed by atoms with Crippen molar-refractivity contribution in [1.82, 2.24) is 5.32 Å². The summed E-state index contributed by atoms with van der Waals surface area (Å²) < 4.78 is 0.858. The molecule has 2 unspecified atom stereocenters. The number of rotatable bonds is 3. The fraction of sp³-hybridized carbons (Fsp3) is 0.462. The van der Waals surface area contributed by atoms with E-state index in [-0.39, 0.29) is 5.91 Å². The van der Waals surface area contributed by atoms with Gasteiger partial charge in [-0.2, -0.15) is 11.8 Å². The molecule has 2 atom stereocenters. The number of benzene rings is 1. The Morgan fingerprint density at radius 3 is 2.82 bits per heavy atom. The molecule has 17 heavy (non-hydrogen) atoms. The van der Waals surface area contributed by atoms with Gasteiger partial charge in [0.05, 0.1) is 5.56 Å². The first kappa shape index (κ1) is 13.0. The molecule has 0 aliphatic heterocycles. The van der Waals surface area contributed by atoms with Crippen LogP contribution in [0.25, 0.3) is 0 Å². The van der Waals surface area contributed by atoms with Crippen molar-refractivity contribution in [2.75, 3.05) is 6.26 Å². The number of carbonyl (C=O) groups is 1. The zero-order valence-corrected chi connectivity index (χ0v) is 12.2. The lowest BCUT2D eigenvalue weighted by atomic mass is 10.2. The first-order chi connectivity index (χ1) is 8.20. The van der Waals surface area contributed by atoms with E-state index < -0.39 is 0 Å². The minimum absolute atomic E-state index is 0.0317. The van der Waals surface area contributed by atoms with Crippen LogP contribution in [0.4, 0.5) is 0 Å². The summed E-state index contributed by atoms with van der Waals surface area (Å²) in [6.07, 6.45) is 5.55. The predicted octanol–water partition coefficient (Wildman–Crippen LogP) is 3.46. The highest BCUT2D eigenvalue weighted by Crippen LogP contribution is 2.28. The van der Waals surface area contributed by atoms with Gasteiger partial charge in [-0.05, 0) is 53.6 Å². The lowest BCUT2D eigenvalue weighted by molar-refractivity contribution is 0.0937. The average molecular weight is 314 g/mol. The summed E-state index contributed by atoms with van der Waals surface area (Å²) in [5.74, 6) is 0.0317. The average Bonchev–Trinajstić information content (AvgIpc) is 2.77. The van der Waals surface area contributed by atoms with Crippen LogP contribution in [0.3, 0.4) is 0 Å². The SMILES string of the molecule is CSC1CCC(NC(=O)c2ccccc2Br)C1. The Labute approximate surface area is 115 Å². The van der Waals surface area contributed by atoms with E-state index >= 15 is 0 Å². The molecule has 4 heteroatoms. The van der Waals surface area contributed by atoms with Crippen LogP contribution in [0.2, 0.25) is 0 Å². The van der Waals surface area contributed by atoms with Crippen LogP contribution in [0, 0.1) is 0 Å². The van der Waals surface area contributed by atoms with E-state index in [1.54, 1.807) is 0 Å². The van der Waals surface area contributed by atoms with Crippen LogP contribution in [0.5, 0.6) is 0 Å². The van der Waals surface area contributed by atoms with Gasteiger partial charge in [0.15, 0.2) is 0 Å². The van der Waals surface area contributed by atoms with Crippen molar-refractivity contribution in [3.63, 3.8) is 0 Å².